The summed E-state index contributed by atoms with van der Waals surface area (Å²) in [6, 6.07) is 24.2. The molecule has 0 unspecified atom stereocenters. The summed E-state index contributed by atoms with van der Waals surface area (Å²) in [7, 11) is -4.60. The number of carbonyl (C=O) groups excluding carboxylic acids is 7. The van der Waals surface area contributed by atoms with Crippen LogP contribution in [0.2, 0.25) is 0 Å². The number of amides is 6. The number of anilines is 2. The van der Waals surface area contributed by atoms with E-state index in [0.717, 1.165) is 28.8 Å². The first-order valence-electron chi connectivity index (χ1n) is 45.4. The average molecular weight is 2000 g/mol. The fraction of sp³-hybridized carbons (Fsp3) is 0.564. The summed E-state index contributed by atoms with van der Waals surface area (Å²) < 4.78 is 160. The monoisotopic (exact) mass is 2000 g/mol. The van der Waals surface area contributed by atoms with E-state index in [1.54, 1.807) is 100 Å². The lowest BCUT2D eigenvalue weighted by Crippen LogP contribution is -2.46. The van der Waals surface area contributed by atoms with Crippen LogP contribution in [-0.2, 0) is 87.4 Å². The molecule has 0 radical (unpaired) electrons. The van der Waals surface area contributed by atoms with Gasteiger partial charge in [0.05, 0.1) is 127 Å². The van der Waals surface area contributed by atoms with Crippen LogP contribution in [0.5, 0.6) is 0 Å². The SMILES string of the molecule is CC(=O)SC[C@H]1C[C@@H](N2C(=O)c3ccccc3C2=O)[C@@H]2OC(C)(C)O[C@H]12.CC1(C)O[C@@H]2[C@@H](CO)C[C@@H](N3C(=O)c4ccccc4C3=O)[C@@H]2O1.CC1(C)O[C@@H]2[C@@H](CS(=O)(=O)Cl)C[C@@H](N3C(=O)c4ccccc4C3=O)[C@@H]2O1.CC1(C)O[C@@H]2[C@@H](CS(C)(=O)=O)C[C@@H](N)[C@@H]2O1.Cc1nc(NCc2c(F)cccc2F)nc(N[C@@H]2C[C@H](CS(C)(=O)=O)[C@H]3OC(C)(C)O[C@H]32)c1-c1nc2c(C3CC3)nccc2s1. The zero-order valence-corrected chi connectivity index (χ0v) is 82.2. The number of pyridine rings is 1. The van der Waals surface area contributed by atoms with Gasteiger partial charge in [0.15, 0.2) is 34.1 Å². The van der Waals surface area contributed by atoms with Crippen LogP contribution in [0.25, 0.3) is 20.8 Å². The molecule has 5 saturated heterocycles. The number of sulfone groups is 2. The molecule has 34 nitrogen and oxygen atoms in total. The number of carbonyl (C=O) groups is 7. The zero-order chi connectivity index (χ0) is 97.7. The van der Waals surface area contributed by atoms with Gasteiger partial charge in [0.1, 0.15) is 78.2 Å². The normalized spacial score (nSPS) is 31.3. The number of aromatic nitrogens is 4. The number of hydrogen-bond acceptors (Lipinski definition) is 33. The fourth-order valence-corrected chi connectivity index (χ4v) is 27.0. The Morgan fingerprint density at radius 2 is 0.897 bits per heavy atom. The van der Waals surface area contributed by atoms with Crippen molar-refractivity contribution in [3.63, 3.8) is 0 Å². The lowest BCUT2D eigenvalue weighted by molar-refractivity contribution is -0.162. The van der Waals surface area contributed by atoms with Crippen molar-refractivity contribution in [2.24, 2.45) is 35.3 Å². The molecule has 5 N–H and O–H groups in total. The van der Waals surface area contributed by atoms with E-state index in [1.807, 2.05) is 60.7 Å². The Morgan fingerprint density at radius 3 is 1.32 bits per heavy atom. The van der Waals surface area contributed by atoms with Gasteiger partial charge in [0.2, 0.25) is 15.0 Å². The molecule has 8 aliphatic heterocycles. The Hall–Kier alpha value is -8.44. The third-order valence-electron chi connectivity index (χ3n) is 26.9. The van der Waals surface area contributed by atoms with E-state index < -0.39 is 130 Å². The molecule has 0 bridgehead atoms. The second-order valence-corrected chi connectivity index (χ2v) is 49.0. The number of aryl methyl sites for hydroxylation is 1. The number of nitrogens with zero attached hydrogens (tertiary/aromatic N) is 7. The molecule has 20 atom stereocenters. The summed E-state index contributed by atoms with van der Waals surface area (Å²) in [5.74, 6) is -6.72. The zero-order valence-electron chi connectivity index (χ0n) is 77.4. The summed E-state index contributed by atoms with van der Waals surface area (Å²) in [4.78, 5) is 111. The van der Waals surface area contributed by atoms with Gasteiger partial charge in [-0.15, -0.1) is 11.3 Å². The smallest absolute Gasteiger partial charge is 0.261 e. The van der Waals surface area contributed by atoms with E-state index in [-0.39, 0.29) is 149 Å². The number of hydrogen-bond donors (Lipinski definition) is 4. The van der Waals surface area contributed by atoms with Crippen LogP contribution in [0, 0.1) is 48.1 Å². The summed E-state index contributed by atoms with van der Waals surface area (Å²) in [6.07, 6.45) is 5.30. The second kappa shape index (κ2) is 37.2. The van der Waals surface area contributed by atoms with E-state index in [1.165, 1.54) is 75.4 Å². The molecule has 42 heteroatoms. The summed E-state index contributed by atoms with van der Waals surface area (Å²) in [5, 5.41) is 16.9. The number of ether oxygens (including phenoxy) is 10. The van der Waals surface area contributed by atoms with Crippen LogP contribution < -0.4 is 16.4 Å². The van der Waals surface area contributed by atoms with Crippen molar-refractivity contribution in [3.8, 4) is 10.6 Å². The minimum Gasteiger partial charge on any atom is -0.396 e. The summed E-state index contributed by atoms with van der Waals surface area (Å²) in [6.45, 7) is 21.2. The molecule has 21 rings (SSSR count). The number of aliphatic hydroxyl groups is 1. The molecule has 3 aromatic heterocycles. The highest BCUT2D eigenvalue weighted by Gasteiger charge is 2.64. The van der Waals surface area contributed by atoms with Crippen molar-refractivity contribution in [2.75, 3.05) is 52.8 Å². The van der Waals surface area contributed by atoms with Crippen molar-refractivity contribution in [1.82, 2.24) is 34.6 Å². The number of aliphatic hydroxyl groups excluding tert-OH is 1. The molecule has 11 heterocycles. The number of thioether (sulfide) groups is 1. The van der Waals surface area contributed by atoms with Crippen LogP contribution in [0.1, 0.15) is 206 Å². The average Bonchev–Trinajstić information content (AvgIpc) is 1.58. The van der Waals surface area contributed by atoms with Crippen molar-refractivity contribution in [2.45, 2.75) is 261 Å². The largest absolute Gasteiger partial charge is 0.396 e. The van der Waals surface area contributed by atoms with Gasteiger partial charge in [0, 0.05) is 96.4 Å². The highest BCUT2D eigenvalue weighted by molar-refractivity contribution is 8.14. The van der Waals surface area contributed by atoms with Crippen LogP contribution in [-0.4, -0.2) is 268 Å². The van der Waals surface area contributed by atoms with E-state index in [9.17, 15) is 72.7 Å². The number of halogens is 3. The van der Waals surface area contributed by atoms with E-state index in [4.69, 9.17) is 73.8 Å². The number of fused-ring (bicyclic) bond motifs is 9. The highest BCUT2D eigenvalue weighted by atomic mass is 35.7. The standard InChI is InChI=1S/C31H34F2N6O4S2.C19H21NO5S.C17H18ClNO6S.C17H19NO5.C10H19NO4S/c1-15-23(29-38-25-22(44-29)10-11-34-24(25)16-8-9-16)28(39-30(36-15)35-13-18-19(32)6-5-7-20(18)33)37-21-12-17(14-45(4,40)41)26-27(21)43-31(2,3)42-26;1-10(21)26-9-11-8-14(16-15(11)24-19(2,3)25-16)20-17(22)12-6-4-5-7-13(12)18(20)23;1-17(2)24-13-9(8-26(18,22)23)7-12(14(13)25-17)19-15(20)10-5-3-4-6-11(10)16(19)21;1-17(2)22-13-9(8-19)7-12(14(13)23-17)18-15(20)10-5-3-4-6-11(10)16(18)21;1-10(2)14-8-6(5-16(3,12)13)4-7(11)9(8)15-10/h5-7,10-11,16-17,21,26-27H,8-9,12-14H2,1-4H3,(H2,35,36,37,39);4-7,11,14-16H,8-9H2,1-3H3;3-6,9,12-14H,7-8H2,1-2H3;3-6,9,12-14,19H,7-8H2,1-2H3;6-9H,4-5,11H2,1-3H3/t17-,21-,26-,27+;11-,14-,15-,16+;2*9-,12-,13-,14+;6-,7-,8-,9+/m11111/s1. The molecule has 136 heavy (non-hydrogen) atoms. The predicted octanol–water partition coefficient (Wildman–Crippen LogP) is 10.9. The number of rotatable bonds is 19. The molecule has 7 aromatic rings. The number of imide groups is 3. The Kier molecular flexibility index (Phi) is 27.1. The molecule has 6 amide bonds. The van der Waals surface area contributed by atoms with E-state index in [0.29, 0.717) is 92.8 Å². The van der Waals surface area contributed by atoms with Crippen LogP contribution in [0.15, 0.2) is 103 Å². The summed E-state index contributed by atoms with van der Waals surface area (Å²) >= 11 is 2.77. The lowest BCUT2D eigenvalue weighted by Gasteiger charge is -2.28. The second-order valence-electron chi connectivity index (χ2n) is 39.6. The Labute approximate surface area is 799 Å². The quantitative estimate of drug-likeness (QED) is 0.0431. The Balaban J connectivity index is 0.000000123. The van der Waals surface area contributed by atoms with Gasteiger partial charge in [-0.2, -0.15) is 4.98 Å². The van der Waals surface area contributed by atoms with Gasteiger partial charge in [0.25, 0.3) is 35.4 Å². The Bertz CT molecular complexity index is 6170. The number of thiazole rings is 1. The van der Waals surface area contributed by atoms with Gasteiger partial charge in [-0.25, -0.2) is 44.0 Å². The molecule has 11 fully saturated rings. The first kappa shape index (κ1) is 99.1. The predicted molar refractivity (Wildman–Crippen MR) is 495 cm³/mol. The fourth-order valence-electron chi connectivity index (χ4n) is 21.6. The molecule has 6 aliphatic carbocycles. The van der Waals surface area contributed by atoms with Gasteiger partial charge < -0.3 is 68.8 Å². The maximum atomic E-state index is 14.4. The maximum absolute atomic E-state index is 14.4. The number of nitrogens with two attached hydrogens (primary N) is 1. The first-order chi connectivity index (χ1) is 63.8. The van der Waals surface area contributed by atoms with Gasteiger partial charge >= 0.3 is 0 Å². The van der Waals surface area contributed by atoms with E-state index >= 15 is 0 Å². The van der Waals surface area contributed by atoms with Crippen molar-refractivity contribution >= 4 is 125 Å². The molecule has 0 spiro atoms. The van der Waals surface area contributed by atoms with Crippen LogP contribution in [0.4, 0.5) is 20.5 Å². The maximum Gasteiger partial charge on any atom is 0.261 e. The van der Waals surface area contributed by atoms with Crippen molar-refractivity contribution in [1.29, 1.82) is 0 Å². The Morgan fingerprint density at radius 1 is 0.515 bits per heavy atom. The topological polar surface area (TPSA) is 446 Å². The van der Waals surface area contributed by atoms with Gasteiger partial charge in [-0.05, 0) is 182 Å². The van der Waals surface area contributed by atoms with Gasteiger partial charge in [-0.1, -0.05) is 54.2 Å². The van der Waals surface area contributed by atoms with Crippen molar-refractivity contribution < 1.29 is 120 Å². The third-order valence-corrected chi connectivity index (χ3v) is 32.2. The highest BCUT2D eigenvalue weighted by Crippen LogP contribution is 2.53. The molecule has 14 aliphatic rings. The van der Waals surface area contributed by atoms with E-state index in [2.05, 4.69) is 20.6 Å². The molecule has 6 saturated carbocycles. The minimum absolute atomic E-state index is 0.0305. The molecular formula is C94H111ClF2N10O24S5. The van der Waals surface area contributed by atoms with Gasteiger partial charge in [-0.3, -0.25) is 53.2 Å². The van der Waals surface area contributed by atoms with Crippen LogP contribution >= 0.6 is 33.8 Å². The molecule has 732 valence electrons. The molecular weight excluding hydrogens is 1890 g/mol. The van der Waals surface area contributed by atoms with Crippen molar-refractivity contribution in [3.05, 3.63) is 165 Å². The number of benzene rings is 4. The minimum atomic E-state index is -3.76. The first-order valence-corrected chi connectivity index (χ1v) is 53.8. The van der Waals surface area contributed by atoms with Crippen LogP contribution in [0.3, 0.4) is 0 Å². The number of nitrogens with one attached hydrogen (secondary N) is 2. The lowest BCUT2D eigenvalue weighted by atomic mass is 10.1. The summed E-state index contributed by atoms with van der Waals surface area (Å²) in [5.41, 5.74) is 11.4. The third kappa shape index (κ3) is 20.5. The molecule has 4 aromatic carbocycles.